The normalized spacial score (nSPS) is 10.4. The number of nitrogen functional groups attached to an aromatic ring is 1. The molecule has 1 amide bonds. The van der Waals surface area contributed by atoms with E-state index in [9.17, 15) is 4.79 Å². The summed E-state index contributed by atoms with van der Waals surface area (Å²) in [4.78, 5) is 16.2. The number of hydrogen-bond donors (Lipinski definition) is 2. The minimum atomic E-state index is -0.392. The molecule has 0 radical (unpaired) electrons. The Labute approximate surface area is 128 Å². The molecule has 0 atom stereocenters. The Kier molecular flexibility index (Phi) is 5.14. The number of pyridine rings is 1. The van der Waals surface area contributed by atoms with E-state index >= 15 is 0 Å². The summed E-state index contributed by atoms with van der Waals surface area (Å²) in [5, 5.41) is 3.07. The maximum absolute atomic E-state index is 12.3. The molecule has 21 heavy (non-hydrogen) atoms. The van der Waals surface area contributed by atoms with E-state index in [2.05, 4.69) is 10.3 Å². The van der Waals surface area contributed by atoms with E-state index in [0.29, 0.717) is 18.7 Å². The number of benzene rings is 1. The lowest BCUT2D eigenvalue weighted by Crippen LogP contribution is -2.16. The summed E-state index contributed by atoms with van der Waals surface area (Å²) < 4.78 is 5.06. The lowest BCUT2D eigenvalue weighted by molar-refractivity contribution is 0.102. The summed E-state index contributed by atoms with van der Waals surface area (Å²) in [7, 11) is 1.64. The Morgan fingerprint density at radius 2 is 2.10 bits per heavy atom. The van der Waals surface area contributed by atoms with Crippen LogP contribution in [-0.2, 0) is 11.2 Å². The Morgan fingerprint density at radius 1 is 1.33 bits per heavy atom. The van der Waals surface area contributed by atoms with Crippen LogP contribution < -0.4 is 11.1 Å². The third kappa shape index (κ3) is 3.93. The average molecular weight is 306 g/mol. The molecule has 0 saturated carbocycles. The van der Waals surface area contributed by atoms with Crippen LogP contribution in [0.2, 0.25) is 5.02 Å². The molecule has 0 aliphatic carbocycles. The molecule has 0 bridgehead atoms. The van der Waals surface area contributed by atoms with Crippen LogP contribution in [0.3, 0.4) is 0 Å². The Morgan fingerprint density at radius 3 is 2.86 bits per heavy atom. The number of hydrogen-bond acceptors (Lipinski definition) is 4. The Hall–Kier alpha value is -2.11. The van der Waals surface area contributed by atoms with Crippen LogP contribution in [0, 0.1) is 0 Å². The summed E-state index contributed by atoms with van der Waals surface area (Å²) in [6.07, 6.45) is 0.699. The van der Waals surface area contributed by atoms with Gasteiger partial charge < -0.3 is 15.8 Å². The molecule has 2 rings (SSSR count). The van der Waals surface area contributed by atoms with E-state index in [1.165, 1.54) is 0 Å². The number of anilines is 2. The van der Waals surface area contributed by atoms with Gasteiger partial charge >= 0.3 is 0 Å². The Bertz CT molecular complexity index is 647. The number of halogens is 1. The molecule has 0 unspecified atom stereocenters. The highest BCUT2D eigenvalue weighted by Gasteiger charge is 2.14. The van der Waals surface area contributed by atoms with Crippen molar-refractivity contribution < 1.29 is 9.53 Å². The van der Waals surface area contributed by atoms with E-state index in [0.717, 1.165) is 5.56 Å². The number of carbonyl (C=O) groups excluding carboxylic acids is 1. The zero-order valence-corrected chi connectivity index (χ0v) is 12.4. The predicted octanol–water partition coefficient (Wildman–Crippen LogP) is 2.76. The highest BCUT2D eigenvalue weighted by atomic mass is 35.5. The quantitative estimate of drug-likeness (QED) is 0.890. The van der Waals surface area contributed by atoms with Gasteiger partial charge in [0.1, 0.15) is 11.5 Å². The number of nitrogens with one attached hydrogen (secondary N) is 1. The topological polar surface area (TPSA) is 77.2 Å². The molecular weight excluding hydrogens is 290 g/mol. The van der Waals surface area contributed by atoms with Crippen LogP contribution in [-0.4, -0.2) is 24.6 Å². The van der Waals surface area contributed by atoms with Crippen molar-refractivity contribution in [2.45, 2.75) is 6.42 Å². The van der Waals surface area contributed by atoms with Gasteiger partial charge in [0.25, 0.3) is 5.91 Å². The van der Waals surface area contributed by atoms with Gasteiger partial charge in [-0.3, -0.25) is 4.79 Å². The first-order chi connectivity index (χ1) is 10.1. The molecule has 5 nitrogen and oxygen atoms in total. The van der Waals surface area contributed by atoms with Crippen LogP contribution in [0.15, 0.2) is 36.4 Å². The summed E-state index contributed by atoms with van der Waals surface area (Å²) in [6.45, 7) is 0.574. The number of para-hydroxylation sites is 1. The van der Waals surface area contributed by atoms with Crippen molar-refractivity contribution in [1.82, 2.24) is 4.98 Å². The molecule has 110 valence electrons. The molecule has 0 saturated heterocycles. The van der Waals surface area contributed by atoms with Crippen molar-refractivity contribution >= 4 is 29.0 Å². The first kappa shape index (κ1) is 15.3. The van der Waals surface area contributed by atoms with Crippen molar-refractivity contribution in [1.29, 1.82) is 0 Å². The molecule has 1 aromatic carbocycles. The largest absolute Gasteiger partial charge is 0.384 e. The lowest BCUT2D eigenvalue weighted by Gasteiger charge is -2.11. The van der Waals surface area contributed by atoms with Gasteiger partial charge in [0.2, 0.25) is 0 Å². The summed E-state index contributed by atoms with van der Waals surface area (Å²) in [5.74, 6) is -0.144. The first-order valence-electron chi connectivity index (χ1n) is 6.42. The monoisotopic (exact) mass is 305 g/mol. The minimum Gasteiger partial charge on any atom is -0.384 e. The standard InChI is InChI=1S/C15H16ClN3O2/c1-21-9-8-10-4-2-3-5-12(10)18-15(20)14-11(16)6-7-13(17)19-14/h2-7H,8-9H2,1H3,(H2,17,19)(H,18,20). The highest BCUT2D eigenvalue weighted by Crippen LogP contribution is 2.20. The van der Waals surface area contributed by atoms with Crippen LogP contribution in [0.4, 0.5) is 11.5 Å². The molecule has 1 heterocycles. The van der Waals surface area contributed by atoms with Gasteiger partial charge in [-0.05, 0) is 30.2 Å². The van der Waals surface area contributed by atoms with Gasteiger partial charge in [-0.25, -0.2) is 4.98 Å². The predicted molar refractivity (Wildman–Crippen MR) is 83.6 cm³/mol. The van der Waals surface area contributed by atoms with Gasteiger partial charge in [-0.2, -0.15) is 0 Å². The van der Waals surface area contributed by atoms with Crippen molar-refractivity contribution in [3.8, 4) is 0 Å². The van der Waals surface area contributed by atoms with Crippen molar-refractivity contribution in [2.24, 2.45) is 0 Å². The zero-order valence-electron chi connectivity index (χ0n) is 11.6. The maximum atomic E-state index is 12.3. The molecule has 0 spiro atoms. The van der Waals surface area contributed by atoms with Crippen molar-refractivity contribution in [2.75, 3.05) is 24.8 Å². The van der Waals surface area contributed by atoms with Crippen LogP contribution in [0.1, 0.15) is 16.1 Å². The van der Waals surface area contributed by atoms with Gasteiger partial charge in [-0.1, -0.05) is 29.8 Å². The minimum absolute atomic E-state index is 0.109. The van der Waals surface area contributed by atoms with E-state index in [1.807, 2.05) is 24.3 Å². The molecule has 6 heteroatoms. The van der Waals surface area contributed by atoms with E-state index in [-0.39, 0.29) is 16.5 Å². The number of nitrogens with zero attached hydrogens (tertiary/aromatic N) is 1. The third-order valence-corrected chi connectivity index (χ3v) is 3.23. The van der Waals surface area contributed by atoms with Crippen LogP contribution >= 0.6 is 11.6 Å². The fourth-order valence-electron chi connectivity index (χ4n) is 1.87. The van der Waals surface area contributed by atoms with Gasteiger partial charge in [0, 0.05) is 12.8 Å². The molecule has 0 aliphatic heterocycles. The Balaban J connectivity index is 2.21. The first-order valence-corrected chi connectivity index (χ1v) is 6.80. The number of aromatic nitrogens is 1. The fraction of sp³-hybridized carbons (Fsp3) is 0.200. The lowest BCUT2D eigenvalue weighted by atomic mass is 10.1. The fourth-order valence-corrected chi connectivity index (χ4v) is 2.06. The van der Waals surface area contributed by atoms with Gasteiger partial charge in [0.15, 0.2) is 0 Å². The van der Waals surface area contributed by atoms with E-state index in [1.54, 1.807) is 19.2 Å². The number of carbonyl (C=O) groups is 1. The molecule has 1 aromatic heterocycles. The van der Waals surface area contributed by atoms with Gasteiger partial charge in [-0.15, -0.1) is 0 Å². The van der Waals surface area contributed by atoms with E-state index < -0.39 is 5.91 Å². The maximum Gasteiger partial charge on any atom is 0.275 e. The molecule has 2 aromatic rings. The molecule has 0 aliphatic rings. The second-order valence-electron chi connectivity index (χ2n) is 4.42. The highest BCUT2D eigenvalue weighted by molar-refractivity contribution is 6.34. The summed E-state index contributed by atoms with van der Waals surface area (Å²) >= 11 is 5.98. The van der Waals surface area contributed by atoms with Gasteiger partial charge in [0.05, 0.1) is 11.6 Å². The molecule has 0 fully saturated rings. The van der Waals surface area contributed by atoms with Crippen molar-refractivity contribution in [3.05, 3.63) is 52.7 Å². The van der Waals surface area contributed by atoms with E-state index in [4.69, 9.17) is 22.1 Å². The molecular formula is C15H16ClN3O2. The number of ether oxygens (including phenoxy) is 1. The zero-order chi connectivity index (χ0) is 15.2. The average Bonchev–Trinajstić information content (AvgIpc) is 2.48. The second-order valence-corrected chi connectivity index (χ2v) is 4.83. The number of methoxy groups -OCH3 is 1. The number of nitrogens with two attached hydrogens (primary N) is 1. The van der Waals surface area contributed by atoms with Crippen LogP contribution in [0.25, 0.3) is 0 Å². The number of rotatable bonds is 5. The molecule has 3 N–H and O–H groups in total. The second kappa shape index (κ2) is 7.06. The number of amides is 1. The SMILES string of the molecule is COCCc1ccccc1NC(=O)c1nc(N)ccc1Cl. The summed E-state index contributed by atoms with van der Waals surface area (Å²) in [6, 6.07) is 10.6. The third-order valence-electron chi connectivity index (χ3n) is 2.92. The van der Waals surface area contributed by atoms with Crippen molar-refractivity contribution in [3.63, 3.8) is 0 Å². The van der Waals surface area contributed by atoms with Crippen LogP contribution in [0.5, 0.6) is 0 Å². The smallest absolute Gasteiger partial charge is 0.275 e. The summed E-state index contributed by atoms with van der Waals surface area (Å²) in [5.41, 5.74) is 7.39.